The van der Waals surface area contributed by atoms with Crippen LogP contribution in [-0.4, -0.2) is 20.5 Å². The maximum absolute atomic E-state index is 12.2. The number of nitrogens with one attached hydrogen (secondary N) is 2. The molecule has 4 nitrogen and oxygen atoms in total. The van der Waals surface area contributed by atoms with Crippen molar-refractivity contribution in [2.24, 2.45) is 5.92 Å². The van der Waals surface area contributed by atoms with Crippen molar-refractivity contribution >= 4 is 10.0 Å². The topological polar surface area (TPSA) is 58.2 Å². The number of hydrogen-bond acceptors (Lipinski definition) is 3. The first-order valence-electron chi connectivity index (χ1n) is 7.67. The Morgan fingerprint density at radius 2 is 1.86 bits per heavy atom. The van der Waals surface area contributed by atoms with Crippen molar-refractivity contribution in [2.75, 3.05) is 0 Å². The van der Waals surface area contributed by atoms with Gasteiger partial charge in [0.1, 0.15) is 0 Å². The van der Waals surface area contributed by atoms with Crippen molar-refractivity contribution in [1.29, 1.82) is 0 Å². The maximum Gasteiger partial charge on any atom is 0.216 e. The predicted octanol–water partition coefficient (Wildman–Crippen LogP) is 2.40. The Kier molecular flexibility index (Phi) is 5.41. The fourth-order valence-electron chi connectivity index (χ4n) is 2.06. The largest absolute Gasteiger partial charge is 0.310 e. The zero-order valence-electron chi connectivity index (χ0n) is 13.1. The molecule has 0 aliphatic heterocycles. The van der Waals surface area contributed by atoms with E-state index in [-0.39, 0.29) is 17.7 Å². The number of rotatable bonds is 8. The molecule has 2 N–H and O–H groups in total. The van der Waals surface area contributed by atoms with Gasteiger partial charge in [-0.1, -0.05) is 38.1 Å². The molecule has 0 spiro atoms. The summed E-state index contributed by atoms with van der Waals surface area (Å²) in [5.41, 5.74) is 1.99. The molecule has 118 valence electrons. The summed E-state index contributed by atoms with van der Waals surface area (Å²) >= 11 is 0. The zero-order valence-corrected chi connectivity index (χ0v) is 13.9. The van der Waals surface area contributed by atoms with E-state index < -0.39 is 10.0 Å². The van der Waals surface area contributed by atoms with Crippen molar-refractivity contribution in [2.45, 2.75) is 58.0 Å². The number of benzene rings is 1. The van der Waals surface area contributed by atoms with Crippen LogP contribution in [0.2, 0.25) is 0 Å². The van der Waals surface area contributed by atoms with Crippen LogP contribution in [0.15, 0.2) is 24.3 Å². The average molecular weight is 310 g/mol. The fourth-order valence-corrected chi connectivity index (χ4v) is 3.60. The molecule has 1 aliphatic rings. The lowest BCUT2D eigenvalue weighted by atomic mass is 10.1. The predicted molar refractivity (Wildman–Crippen MR) is 86.4 cm³/mol. The molecular weight excluding hydrogens is 284 g/mol. The third-order valence-electron chi connectivity index (χ3n) is 3.89. The van der Waals surface area contributed by atoms with Gasteiger partial charge in [0.15, 0.2) is 0 Å². The summed E-state index contributed by atoms with van der Waals surface area (Å²) in [6.45, 7) is 6.74. The van der Waals surface area contributed by atoms with E-state index in [0.717, 1.165) is 17.7 Å². The summed E-state index contributed by atoms with van der Waals surface area (Å²) in [6, 6.07) is 8.44. The Bertz CT molecular complexity index is 565. The smallest absolute Gasteiger partial charge is 0.216 e. The van der Waals surface area contributed by atoms with E-state index in [4.69, 9.17) is 0 Å². The molecule has 2 rings (SSSR count). The lowest BCUT2D eigenvalue weighted by molar-refractivity contribution is 0.476. The number of hydrogen-bond donors (Lipinski definition) is 2. The van der Waals surface area contributed by atoms with Crippen molar-refractivity contribution in [3.8, 4) is 0 Å². The van der Waals surface area contributed by atoms with E-state index in [9.17, 15) is 8.42 Å². The first-order valence-corrected chi connectivity index (χ1v) is 9.32. The summed E-state index contributed by atoms with van der Waals surface area (Å²) in [7, 11) is -3.28. The van der Waals surface area contributed by atoms with Crippen molar-refractivity contribution in [1.82, 2.24) is 10.0 Å². The van der Waals surface area contributed by atoms with Crippen LogP contribution in [0.5, 0.6) is 0 Å². The summed E-state index contributed by atoms with van der Waals surface area (Å²) in [4.78, 5) is 0. The quantitative estimate of drug-likeness (QED) is 0.775. The van der Waals surface area contributed by atoms with Crippen LogP contribution in [-0.2, 0) is 22.3 Å². The molecule has 0 saturated heterocycles. The minimum Gasteiger partial charge on any atom is -0.310 e. The Labute approximate surface area is 128 Å². The fraction of sp³-hybridized carbons (Fsp3) is 0.625. The molecular formula is C16H26N2O2S. The van der Waals surface area contributed by atoms with E-state index in [0.29, 0.717) is 6.04 Å². The first-order chi connectivity index (χ1) is 9.85. The van der Waals surface area contributed by atoms with Gasteiger partial charge in [-0.05, 0) is 36.8 Å². The standard InChI is InChI=1S/C16H26N2O2S/c1-12(2)13(3)18-21(19,20)11-15-6-4-5-14(9-15)10-17-16-7-8-16/h4-6,9,12-13,16-18H,7-8,10-11H2,1-3H3. The molecule has 1 saturated carbocycles. The van der Waals surface area contributed by atoms with Crippen molar-refractivity contribution in [3.05, 3.63) is 35.4 Å². The van der Waals surface area contributed by atoms with Crippen LogP contribution in [0.1, 0.15) is 44.7 Å². The van der Waals surface area contributed by atoms with Gasteiger partial charge in [0, 0.05) is 18.6 Å². The SMILES string of the molecule is CC(C)C(C)NS(=O)(=O)Cc1cccc(CNC2CC2)c1. The van der Waals surface area contributed by atoms with Gasteiger partial charge in [-0.2, -0.15) is 0 Å². The van der Waals surface area contributed by atoms with Crippen LogP contribution in [0.3, 0.4) is 0 Å². The summed E-state index contributed by atoms with van der Waals surface area (Å²) in [5.74, 6) is 0.329. The minimum absolute atomic E-state index is 0.0430. The monoisotopic (exact) mass is 310 g/mol. The van der Waals surface area contributed by atoms with Gasteiger partial charge >= 0.3 is 0 Å². The van der Waals surface area contributed by atoms with Gasteiger partial charge in [0.2, 0.25) is 10.0 Å². The molecule has 1 aromatic carbocycles. The lowest BCUT2D eigenvalue weighted by Crippen LogP contribution is -2.36. The molecule has 0 heterocycles. The molecule has 0 aromatic heterocycles. The second-order valence-corrected chi connectivity index (χ2v) is 8.14. The Balaban J connectivity index is 1.95. The highest BCUT2D eigenvalue weighted by atomic mass is 32.2. The summed E-state index contributed by atoms with van der Waals surface area (Å²) in [6.07, 6.45) is 2.51. The summed E-state index contributed by atoms with van der Waals surface area (Å²) < 4.78 is 27.1. The second kappa shape index (κ2) is 6.90. The van der Waals surface area contributed by atoms with Gasteiger partial charge < -0.3 is 5.32 Å². The van der Waals surface area contributed by atoms with Gasteiger partial charge in [0.05, 0.1) is 5.75 Å². The molecule has 1 unspecified atom stereocenters. The molecule has 21 heavy (non-hydrogen) atoms. The summed E-state index contributed by atoms with van der Waals surface area (Å²) in [5, 5.41) is 3.45. The lowest BCUT2D eigenvalue weighted by Gasteiger charge is -2.17. The van der Waals surface area contributed by atoms with E-state index >= 15 is 0 Å². The van der Waals surface area contributed by atoms with Gasteiger partial charge in [-0.15, -0.1) is 0 Å². The third-order valence-corrected chi connectivity index (χ3v) is 5.33. The van der Waals surface area contributed by atoms with E-state index in [1.54, 1.807) is 0 Å². The molecule has 0 radical (unpaired) electrons. The normalized spacial score (nSPS) is 17.1. The van der Waals surface area contributed by atoms with Crippen molar-refractivity contribution in [3.63, 3.8) is 0 Å². The van der Waals surface area contributed by atoms with Crippen LogP contribution in [0, 0.1) is 5.92 Å². The molecule has 0 amide bonds. The van der Waals surface area contributed by atoms with Crippen molar-refractivity contribution < 1.29 is 8.42 Å². The Morgan fingerprint density at radius 3 is 2.48 bits per heavy atom. The minimum atomic E-state index is -3.28. The van der Waals surface area contributed by atoms with Crippen LogP contribution < -0.4 is 10.0 Å². The first kappa shape index (κ1) is 16.5. The molecule has 1 atom stereocenters. The van der Waals surface area contributed by atoms with Gasteiger partial charge in [-0.25, -0.2) is 13.1 Å². The Morgan fingerprint density at radius 1 is 1.19 bits per heavy atom. The maximum atomic E-state index is 12.2. The second-order valence-electron chi connectivity index (χ2n) is 6.38. The van der Waals surface area contributed by atoms with Gasteiger partial charge in [-0.3, -0.25) is 0 Å². The molecule has 1 fully saturated rings. The average Bonchev–Trinajstić information content (AvgIpc) is 3.19. The van der Waals surface area contributed by atoms with E-state index in [2.05, 4.69) is 10.0 Å². The molecule has 5 heteroatoms. The molecule has 0 bridgehead atoms. The highest BCUT2D eigenvalue weighted by Gasteiger charge is 2.20. The third kappa shape index (κ3) is 5.77. The highest BCUT2D eigenvalue weighted by Crippen LogP contribution is 2.19. The van der Waals surface area contributed by atoms with Gasteiger partial charge in [0.25, 0.3) is 0 Å². The molecule has 1 aliphatic carbocycles. The number of sulfonamides is 1. The highest BCUT2D eigenvalue weighted by molar-refractivity contribution is 7.88. The zero-order chi connectivity index (χ0) is 15.5. The van der Waals surface area contributed by atoms with E-state index in [1.807, 2.05) is 45.0 Å². The van der Waals surface area contributed by atoms with E-state index in [1.165, 1.54) is 12.8 Å². The van der Waals surface area contributed by atoms with Crippen LogP contribution >= 0.6 is 0 Å². The Hall–Kier alpha value is -0.910. The van der Waals surface area contributed by atoms with Crippen LogP contribution in [0.25, 0.3) is 0 Å². The molecule has 1 aromatic rings. The van der Waals surface area contributed by atoms with Crippen LogP contribution in [0.4, 0.5) is 0 Å².